The first-order valence-electron chi connectivity index (χ1n) is 6.24. The molecule has 1 fully saturated rings. The van der Waals surface area contributed by atoms with Crippen molar-refractivity contribution in [1.29, 1.82) is 0 Å². The smallest absolute Gasteiger partial charge is 0.312 e. The summed E-state index contributed by atoms with van der Waals surface area (Å²) in [5.41, 5.74) is 0.793. The van der Waals surface area contributed by atoms with Crippen LogP contribution < -0.4 is 4.90 Å². The summed E-state index contributed by atoms with van der Waals surface area (Å²) in [5.74, 6) is -1.15. The highest BCUT2D eigenvalue weighted by Crippen LogP contribution is 2.39. The third kappa shape index (κ3) is 1.99. The van der Waals surface area contributed by atoms with Gasteiger partial charge in [0.2, 0.25) is 0 Å². The first kappa shape index (κ1) is 11.9. The molecule has 0 bridgehead atoms. The predicted molar refractivity (Wildman–Crippen MR) is 68.4 cm³/mol. The molecule has 5 nitrogen and oxygen atoms in total. The minimum atomic E-state index is -0.749. The van der Waals surface area contributed by atoms with Gasteiger partial charge in [-0.1, -0.05) is 0 Å². The largest absolute Gasteiger partial charge is 0.481 e. The topological polar surface area (TPSA) is 62.7 Å². The lowest BCUT2D eigenvalue weighted by atomic mass is 10.1. The Morgan fingerprint density at radius 1 is 1.61 bits per heavy atom. The summed E-state index contributed by atoms with van der Waals surface area (Å²) in [6.45, 7) is 4.44. The molecule has 0 saturated carbocycles. The second-order valence-corrected chi connectivity index (χ2v) is 5.92. The van der Waals surface area contributed by atoms with Gasteiger partial charge in [-0.15, -0.1) is 11.3 Å². The van der Waals surface area contributed by atoms with E-state index >= 15 is 0 Å². The predicted octanol–water partition coefficient (Wildman–Crippen LogP) is 1.48. The highest BCUT2D eigenvalue weighted by Gasteiger charge is 2.33. The normalized spacial score (nSPS) is 27.3. The summed E-state index contributed by atoms with van der Waals surface area (Å²) in [6, 6.07) is 0. The number of anilines is 1. The van der Waals surface area contributed by atoms with Gasteiger partial charge in [0.25, 0.3) is 0 Å². The summed E-state index contributed by atoms with van der Waals surface area (Å²) < 4.78 is 5.51. The molecule has 0 amide bonds. The number of hydrogen-bond donors (Lipinski definition) is 1. The van der Waals surface area contributed by atoms with Crippen molar-refractivity contribution in [3.8, 4) is 0 Å². The Labute approximate surface area is 109 Å². The maximum Gasteiger partial charge on any atom is 0.312 e. The Hall–Kier alpha value is -1.14. The molecule has 2 aliphatic rings. The number of ether oxygens (including phenoxy) is 1. The minimum Gasteiger partial charge on any atom is -0.481 e. The van der Waals surface area contributed by atoms with Crippen LogP contribution in [0.5, 0.6) is 0 Å². The van der Waals surface area contributed by atoms with E-state index in [-0.39, 0.29) is 6.10 Å². The van der Waals surface area contributed by atoms with Crippen molar-refractivity contribution in [3.05, 3.63) is 10.6 Å². The van der Waals surface area contributed by atoms with Crippen LogP contribution in [0.1, 0.15) is 29.8 Å². The summed E-state index contributed by atoms with van der Waals surface area (Å²) in [5, 5.41) is 10.1. The zero-order chi connectivity index (χ0) is 12.7. The Balaban J connectivity index is 1.83. The number of aliphatic carboxylic acids is 1. The molecule has 98 valence electrons. The number of hydrogen-bond acceptors (Lipinski definition) is 5. The maximum absolute atomic E-state index is 11.1. The third-order valence-electron chi connectivity index (χ3n) is 3.52. The van der Waals surface area contributed by atoms with E-state index in [2.05, 4.69) is 9.88 Å². The van der Waals surface area contributed by atoms with Gasteiger partial charge in [-0.25, -0.2) is 4.98 Å². The Kier molecular flexibility index (Phi) is 2.99. The van der Waals surface area contributed by atoms with Crippen LogP contribution in [0.3, 0.4) is 0 Å². The molecule has 0 aromatic carbocycles. The van der Waals surface area contributed by atoms with Gasteiger partial charge in [0.1, 0.15) is 5.92 Å². The van der Waals surface area contributed by atoms with Gasteiger partial charge in [-0.2, -0.15) is 0 Å². The highest BCUT2D eigenvalue weighted by atomic mass is 32.1. The molecule has 18 heavy (non-hydrogen) atoms. The zero-order valence-electron chi connectivity index (χ0n) is 10.3. The second kappa shape index (κ2) is 4.51. The van der Waals surface area contributed by atoms with E-state index in [0.29, 0.717) is 13.0 Å². The molecular weight excluding hydrogens is 252 g/mol. The molecule has 2 unspecified atom stereocenters. The second-order valence-electron chi connectivity index (χ2n) is 4.86. The molecule has 1 N–H and O–H groups in total. The molecule has 0 spiro atoms. The molecule has 3 rings (SSSR count). The van der Waals surface area contributed by atoms with E-state index in [0.717, 1.165) is 35.2 Å². The van der Waals surface area contributed by atoms with Crippen LogP contribution in [0.15, 0.2) is 0 Å². The van der Waals surface area contributed by atoms with Crippen LogP contribution in [0.4, 0.5) is 5.13 Å². The first-order chi connectivity index (χ1) is 8.65. The number of carboxylic acid groups (broad SMARTS) is 1. The van der Waals surface area contributed by atoms with Crippen molar-refractivity contribution < 1.29 is 14.6 Å². The van der Waals surface area contributed by atoms with Crippen LogP contribution in [0.25, 0.3) is 0 Å². The van der Waals surface area contributed by atoms with Crippen LogP contribution in [-0.4, -0.2) is 41.9 Å². The van der Waals surface area contributed by atoms with E-state index in [1.54, 1.807) is 11.3 Å². The van der Waals surface area contributed by atoms with Crippen LogP contribution in [-0.2, 0) is 16.0 Å². The summed E-state index contributed by atoms with van der Waals surface area (Å²) >= 11 is 1.65. The number of rotatable bonds is 2. The fourth-order valence-electron chi connectivity index (χ4n) is 2.58. The van der Waals surface area contributed by atoms with Crippen LogP contribution in [0.2, 0.25) is 0 Å². The number of fused-ring (bicyclic) bond motifs is 1. The van der Waals surface area contributed by atoms with Gasteiger partial charge in [-0.3, -0.25) is 4.79 Å². The SMILES string of the molecule is CC1CN(c2nc3c(s2)CCC3C(=O)O)CCO1. The monoisotopic (exact) mass is 268 g/mol. The molecule has 6 heteroatoms. The lowest BCUT2D eigenvalue weighted by Gasteiger charge is -2.30. The molecule has 2 atom stereocenters. The van der Waals surface area contributed by atoms with Gasteiger partial charge >= 0.3 is 5.97 Å². The quantitative estimate of drug-likeness (QED) is 0.880. The average molecular weight is 268 g/mol. The minimum absolute atomic E-state index is 0.216. The van der Waals surface area contributed by atoms with Crippen molar-refractivity contribution in [3.63, 3.8) is 0 Å². The van der Waals surface area contributed by atoms with Crippen LogP contribution >= 0.6 is 11.3 Å². The third-order valence-corrected chi connectivity index (χ3v) is 4.71. The molecule has 2 heterocycles. The van der Waals surface area contributed by atoms with E-state index in [9.17, 15) is 4.79 Å². The van der Waals surface area contributed by atoms with Gasteiger partial charge < -0.3 is 14.7 Å². The number of aromatic nitrogens is 1. The van der Waals surface area contributed by atoms with Crippen molar-refractivity contribution >= 4 is 22.4 Å². The van der Waals surface area contributed by atoms with Gasteiger partial charge in [-0.05, 0) is 19.8 Å². The maximum atomic E-state index is 11.1. The number of morpholine rings is 1. The molecule has 1 aliphatic heterocycles. The summed E-state index contributed by atoms with van der Waals surface area (Å²) in [6.07, 6.45) is 1.76. The lowest BCUT2D eigenvalue weighted by molar-refractivity contribution is -0.138. The summed E-state index contributed by atoms with van der Waals surface area (Å²) in [4.78, 5) is 19.0. The van der Waals surface area contributed by atoms with E-state index < -0.39 is 11.9 Å². The lowest BCUT2D eigenvalue weighted by Crippen LogP contribution is -2.41. The molecule has 0 radical (unpaired) electrons. The van der Waals surface area contributed by atoms with Crippen molar-refractivity contribution in [1.82, 2.24) is 4.98 Å². The Morgan fingerprint density at radius 2 is 2.44 bits per heavy atom. The van der Waals surface area contributed by atoms with E-state index in [4.69, 9.17) is 9.84 Å². The van der Waals surface area contributed by atoms with E-state index in [1.807, 2.05) is 6.92 Å². The van der Waals surface area contributed by atoms with Crippen LogP contribution in [0, 0.1) is 0 Å². The number of carbonyl (C=O) groups is 1. The van der Waals surface area contributed by atoms with Crippen molar-refractivity contribution in [2.45, 2.75) is 31.8 Å². The van der Waals surface area contributed by atoms with Gasteiger partial charge in [0.05, 0.1) is 18.4 Å². The Bertz CT molecular complexity index is 474. The number of thiazole rings is 1. The fourth-order valence-corrected chi connectivity index (χ4v) is 3.75. The van der Waals surface area contributed by atoms with Gasteiger partial charge in [0, 0.05) is 18.0 Å². The van der Waals surface area contributed by atoms with Gasteiger partial charge in [0.15, 0.2) is 5.13 Å². The molecule has 1 aromatic heterocycles. The molecular formula is C12H16N2O3S. The molecule has 1 saturated heterocycles. The number of nitrogens with zero attached hydrogens (tertiary/aromatic N) is 2. The standard InChI is InChI=1S/C12H16N2O3S/c1-7-6-14(4-5-17-7)12-13-10-8(11(15)16)2-3-9(10)18-12/h7-8H,2-6H2,1H3,(H,15,16). The van der Waals surface area contributed by atoms with Crippen molar-refractivity contribution in [2.24, 2.45) is 0 Å². The molecule has 1 aliphatic carbocycles. The highest BCUT2D eigenvalue weighted by molar-refractivity contribution is 7.15. The average Bonchev–Trinajstić information content (AvgIpc) is 2.87. The Morgan fingerprint density at radius 3 is 3.17 bits per heavy atom. The number of aryl methyl sites for hydroxylation is 1. The van der Waals surface area contributed by atoms with E-state index in [1.165, 1.54) is 0 Å². The summed E-state index contributed by atoms with van der Waals surface area (Å²) in [7, 11) is 0. The fraction of sp³-hybridized carbons (Fsp3) is 0.667. The zero-order valence-corrected chi connectivity index (χ0v) is 11.1. The number of carboxylic acids is 1. The van der Waals surface area contributed by atoms with Crippen molar-refractivity contribution in [2.75, 3.05) is 24.6 Å². The molecule has 1 aromatic rings. The first-order valence-corrected chi connectivity index (χ1v) is 7.05.